The van der Waals surface area contributed by atoms with Crippen molar-refractivity contribution >= 4 is 39.9 Å². The zero-order valence-electron chi connectivity index (χ0n) is 17.4. The molecule has 0 radical (unpaired) electrons. The Morgan fingerprint density at radius 1 is 1.37 bits per heavy atom. The van der Waals surface area contributed by atoms with E-state index in [1.807, 2.05) is 18.2 Å². The van der Waals surface area contributed by atoms with Crippen LogP contribution in [0.15, 0.2) is 24.3 Å². The van der Waals surface area contributed by atoms with Crippen LogP contribution < -0.4 is 5.32 Å². The summed E-state index contributed by atoms with van der Waals surface area (Å²) in [5.74, 6) is 0.569. The number of rotatable bonds is 5. The summed E-state index contributed by atoms with van der Waals surface area (Å²) in [5.41, 5.74) is 2.94. The molecule has 0 spiro atoms. The first-order valence-corrected chi connectivity index (χ1v) is 10.9. The van der Waals surface area contributed by atoms with E-state index in [-0.39, 0.29) is 11.9 Å². The fourth-order valence-corrected chi connectivity index (χ4v) is 4.74. The number of nitrogens with one attached hydrogen (secondary N) is 2. The molecule has 3 N–H and O–H groups in total. The lowest BCUT2D eigenvalue weighted by atomic mass is 10.1. The number of aromatic amines is 1. The lowest BCUT2D eigenvalue weighted by molar-refractivity contribution is 0.0896. The number of carbonyl (C=O) groups excluding carboxylic acids is 1. The first-order chi connectivity index (χ1) is 14.5. The van der Waals surface area contributed by atoms with Crippen molar-refractivity contribution in [3.05, 3.63) is 50.4 Å². The number of aliphatic hydroxyl groups excluding tert-OH is 1. The van der Waals surface area contributed by atoms with E-state index in [1.165, 1.54) is 10.4 Å². The molecule has 0 unspecified atom stereocenters. The van der Waals surface area contributed by atoms with Gasteiger partial charge in [0.1, 0.15) is 11.9 Å². The maximum absolute atomic E-state index is 12.9. The van der Waals surface area contributed by atoms with Crippen LogP contribution >= 0.6 is 22.9 Å². The molecule has 1 amide bonds. The Hall–Kier alpha value is -1.97. The van der Waals surface area contributed by atoms with Gasteiger partial charge in [-0.25, -0.2) is 4.98 Å². The number of imidazole rings is 1. The Bertz CT molecular complexity index is 978. The summed E-state index contributed by atoms with van der Waals surface area (Å²) in [6.45, 7) is 2.39. The topological polar surface area (TPSA) is 90.5 Å². The molecule has 2 aromatic heterocycles. The van der Waals surface area contributed by atoms with Crippen LogP contribution in [0.4, 0.5) is 0 Å². The van der Waals surface area contributed by atoms with Crippen LogP contribution in [0, 0.1) is 0 Å². The van der Waals surface area contributed by atoms with Crippen LogP contribution in [0.25, 0.3) is 11.0 Å². The third-order valence-corrected chi connectivity index (χ3v) is 6.51. The number of carbonyl (C=O) groups is 1. The number of benzene rings is 1. The molecule has 3 aromatic rings. The lowest BCUT2D eigenvalue weighted by Gasteiger charge is -2.15. The van der Waals surface area contributed by atoms with Crippen molar-refractivity contribution in [3.8, 4) is 0 Å². The predicted octanol–water partition coefficient (Wildman–Crippen LogP) is 3.03. The maximum atomic E-state index is 12.9. The molecule has 3 heterocycles. The molecule has 7 nitrogen and oxygen atoms in total. The van der Waals surface area contributed by atoms with Gasteiger partial charge in [-0.3, -0.25) is 4.79 Å². The monoisotopic (exact) mass is 450 g/mol. The molecule has 1 aliphatic rings. The molecular formula is C21H27ClN4O3S. The highest BCUT2D eigenvalue weighted by Crippen LogP contribution is 2.27. The summed E-state index contributed by atoms with van der Waals surface area (Å²) in [6, 6.07) is 7.16. The van der Waals surface area contributed by atoms with E-state index in [1.54, 1.807) is 24.5 Å². The second-order valence-corrected chi connectivity index (χ2v) is 8.70. The zero-order chi connectivity index (χ0) is 21.7. The van der Waals surface area contributed by atoms with Crippen LogP contribution in [0.5, 0.6) is 0 Å². The van der Waals surface area contributed by atoms with Gasteiger partial charge in [-0.1, -0.05) is 11.6 Å². The average Bonchev–Trinajstić information content (AvgIpc) is 3.31. The molecule has 9 heteroatoms. The summed E-state index contributed by atoms with van der Waals surface area (Å²) < 4.78 is 5.32. The largest absolute Gasteiger partial charge is 0.400 e. The minimum Gasteiger partial charge on any atom is -0.400 e. The van der Waals surface area contributed by atoms with Gasteiger partial charge in [-0.05, 0) is 49.7 Å². The summed E-state index contributed by atoms with van der Waals surface area (Å²) >= 11 is 7.65. The summed E-state index contributed by atoms with van der Waals surface area (Å²) in [5, 5.41) is 10.7. The minimum atomic E-state index is -0.364. The molecule has 162 valence electrons. The highest BCUT2D eigenvalue weighted by atomic mass is 35.5. The van der Waals surface area contributed by atoms with Crippen molar-refractivity contribution in [2.45, 2.75) is 18.9 Å². The Kier molecular flexibility index (Phi) is 7.85. The minimum absolute atomic E-state index is 0.0908. The van der Waals surface area contributed by atoms with Crippen molar-refractivity contribution in [3.63, 3.8) is 0 Å². The number of H-pyrrole nitrogens is 1. The molecule has 1 aromatic carbocycles. The third-order valence-electron chi connectivity index (χ3n) is 5.03. The summed E-state index contributed by atoms with van der Waals surface area (Å²) in [6.07, 6.45) is 1.98. The number of hydrogen-bond acceptors (Lipinski definition) is 6. The van der Waals surface area contributed by atoms with Crippen molar-refractivity contribution < 1.29 is 14.6 Å². The van der Waals surface area contributed by atoms with Crippen LogP contribution in [0.2, 0.25) is 5.02 Å². The maximum Gasteiger partial charge on any atom is 0.262 e. The standard InChI is InChI=1S/C20H23ClN4O2S.CH4O/c1-25-7-5-12-9-18(28-17(12)6-8-25)20(26)24-16(11-27-2)19-22-14-4-3-13(21)10-15(14)23-19;1-2/h3-4,9-10,16H,5-8,11H2,1-2H3,(H,22,23)(H,24,26);2H,1H3/t16-;/m0./s1. The number of fused-ring (bicyclic) bond motifs is 2. The van der Waals surface area contributed by atoms with Gasteiger partial charge < -0.3 is 25.0 Å². The molecule has 30 heavy (non-hydrogen) atoms. The van der Waals surface area contributed by atoms with Crippen LogP contribution in [-0.4, -0.2) is 66.8 Å². The van der Waals surface area contributed by atoms with Crippen LogP contribution in [0.1, 0.15) is 32.0 Å². The van der Waals surface area contributed by atoms with Crippen LogP contribution in [0.3, 0.4) is 0 Å². The van der Waals surface area contributed by atoms with E-state index in [0.29, 0.717) is 17.5 Å². The highest BCUT2D eigenvalue weighted by Gasteiger charge is 2.22. The van der Waals surface area contributed by atoms with Gasteiger partial charge in [0.15, 0.2) is 0 Å². The van der Waals surface area contributed by atoms with Gasteiger partial charge >= 0.3 is 0 Å². The molecule has 0 fully saturated rings. The number of amides is 1. The van der Waals surface area contributed by atoms with Gasteiger partial charge in [-0.2, -0.15) is 0 Å². The number of likely N-dealkylation sites (N-methyl/N-ethyl adjacent to an activating group) is 1. The number of nitrogens with zero attached hydrogens (tertiary/aromatic N) is 2. The highest BCUT2D eigenvalue weighted by molar-refractivity contribution is 7.14. The number of aliphatic hydroxyl groups is 1. The predicted molar refractivity (Wildman–Crippen MR) is 121 cm³/mol. The Morgan fingerprint density at radius 3 is 2.90 bits per heavy atom. The Labute approximate surface area is 185 Å². The van der Waals surface area contributed by atoms with Crippen LogP contribution in [-0.2, 0) is 17.6 Å². The number of aromatic nitrogens is 2. The molecule has 1 aliphatic heterocycles. The molecule has 4 rings (SSSR count). The Balaban J connectivity index is 0.00000124. The SMILES string of the molecule is CO.COC[C@H](NC(=O)c1cc2c(s1)CCN(C)CC2)c1nc2ccc(Cl)cc2[nH]1. The van der Waals surface area contributed by atoms with Gasteiger partial charge in [0, 0.05) is 37.2 Å². The fourth-order valence-electron chi connectivity index (χ4n) is 3.47. The molecule has 0 aliphatic carbocycles. The van der Waals surface area contributed by atoms with Gasteiger partial charge in [-0.15, -0.1) is 11.3 Å². The molecule has 0 bridgehead atoms. The first-order valence-electron chi connectivity index (χ1n) is 9.73. The second-order valence-electron chi connectivity index (χ2n) is 7.13. The zero-order valence-corrected chi connectivity index (χ0v) is 18.9. The average molecular weight is 451 g/mol. The lowest BCUT2D eigenvalue weighted by Crippen LogP contribution is -2.31. The molecule has 1 atom stereocenters. The van der Waals surface area contributed by atoms with Gasteiger partial charge in [0.05, 0.1) is 22.5 Å². The number of thiophene rings is 1. The fraction of sp³-hybridized carbons (Fsp3) is 0.429. The Morgan fingerprint density at radius 2 is 2.13 bits per heavy atom. The second kappa shape index (κ2) is 10.4. The number of halogens is 1. The van der Waals surface area contributed by atoms with E-state index in [9.17, 15) is 4.79 Å². The van der Waals surface area contributed by atoms with Crippen molar-refractivity contribution in [2.75, 3.05) is 41.0 Å². The number of ether oxygens (including phenoxy) is 1. The smallest absolute Gasteiger partial charge is 0.262 e. The van der Waals surface area contributed by atoms with Gasteiger partial charge in [0.25, 0.3) is 5.91 Å². The third kappa shape index (κ3) is 5.19. The summed E-state index contributed by atoms with van der Waals surface area (Å²) in [4.78, 5) is 25.1. The summed E-state index contributed by atoms with van der Waals surface area (Å²) in [7, 11) is 4.75. The number of methoxy groups -OCH3 is 1. The van der Waals surface area contributed by atoms with E-state index in [0.717, 1.165) is 49.0 Å². The quantitative estimate of drug-likeness (QED) is 0.555. The first kappa shape index (κ1) is 22.7. The normalized spacial score (nSPS) is 15.1. The van der Waals surface area contributed by atoms with E-state index < -0.39 is 0 Å². The van der Waals surface area contributed by atoms with E-state index >= 15 is 0 Å². The van der Waals surface area contributed by atoms with Crippen molar-refractivity contribution in [2.24, 2.45) is 0 Å². The van der Waals surface area contributed by atoms with E-state index in [2.05, 4.69) is 27.2 Å². The van der Waals surface area contributed by atoms with Gasteiger partial charge in [0.2, 0.25) is 0 Å². The molecule has 0 saturated heterocycles. The number of hydrogen-bond donors (Lipinski definition) is 3. The van der Waals surface area contributed by atoms with Crippen molar-refractivity contribution in [1.82, 2.24) is 20.2 Å². The van der Waals surface area contributed by atoms with Crippen molar-refractivity contribution in [1.29, 1.82) is 0 Å². The molecule has 0 saturated carbocycles. The molecular weight excluding hydrogens is 424 g/mol. The van der Waals surface area contributed by atoms with E-state index in [4.69, 9.17) is 21.4 Å².